The Morgan fingerprint density at radius 2 is 1.85 bits per heavy atom. The summed E-state index contributed by atoms with van der Waals surface area (Å²) in [7, 11) is -1.45. The lowest BCUT2D eigenvalue weighted by Gasteiger charge is -2.23. The van der Waals surface area contributed by atoms with Crippen molar-refractivity contribution in [3.63, 3.8) is 0 Å². The van der Waals surface area contributed by atoms with Gasteiger partial charge < -0.3 is 10.1 Å². The van der Waals surface area contributed by atoms with E-state index >= 15 is 0 Å². The maximum atomic E-state index is 11.3. The van der Waals surface area contributed by atoms with Crippen LogP contribution < -0.4 is 5.32 Å². The lowest BCUT2D eigenvalue weighted by atomic mass is 10.1. The number of carbonyl (C=O) groups excluding carboxylic acids is 1. The van der Waals surface area contributed by atoms with E-state index in [1.165, 1.54) is 7.11 Å². The highest BCUT2D eigenvalue weighted by atomic mass is 32.2. The third-order valence-corrected chi connectivity index (χ3v) is 5.24. The summed E-state index contributed by atoms with van der Waals surface area (Å²) in [5.74, 6) is 0.194. The Morgan fingerprint density at radius 1 is 1.25 bits per heavy atom. The first-order valence-corrected chi connectivity index (χ1v) is 8.43. The fourth-order valence-corrected chi connectivity index (χ4v) is 3.72. The topological polar surface area (TPSA) is 72.5 Å². The molecule has 1 aromatic rings. The summed E-state index contributed by atoms with van der Waals surface area (Å²) in [5.41, 5.74) is 1.59. The highest BCUT2D eigenvalue weighted by Crippen LogP contribution is 2.13. The van der Waals surface area contributed by atoms with Gasteiger partial charge in [0.15, 0.2) is 0 Å². The van der Waals surface area contributed by atoms with Crippen LogP contribution in [0.2, 0.25) is 0 Å². The highest BCUT2D eigenvalue weighted by molar-refractivity contribution is 7.91. The predicted octanol–water partition coefficient (Wildman–Crippen LogP) is 1.14. The molecule has 0 atom stereocenters. The average molecular weight is 297 g/mol. The lowest BCUT2D eigenvalue weighted by Crippen LogP contribution is -2.37. The number of esters is 1. The third kappa shape index (κ3) is 4.05. The van der Waals surface area contributed by atoms with E-state index in [1.807, 2.05) is 12.1 Å². The van der Waals surface area contributed by atoms with E-state index in [4.69, 9.17) is 0 Å². The molecule has 0 aromatic heterocycles. The van der Waals surface area contributed by atoms with Gasteiger partial charge in [0.05, 0.1) is 24.2 Å². The number of benzene rings is 1. The predicted molar refractivity (Wildman–Crippen MR) is 76.3 cm³/mol. The number of hydrogen-bond donors (Lipinski definition) is 1. The molecule has 0 amide bonds. The molecular formula is C14H19NO4S. The molecule has 1 aliphatic rings. The van der Waals surface area contributed by atoms with Gasteiger partial charge in [-0.15, -0.1) is 0 Å². The molecule has 20 heavy (non-hydrogen) atoms. The molecule has 5 nitrogen and oxygen atoms in total. The number of methoxy groups -OCH3 is 1. The Bertz CT molecular complexity index is 551. The van der Waals surface area contributed by atoms with Crippen molar-refractivity contribution < 1.29 is 17.9 Å². The van der Waals surface area contributed by atoms with Gasteiger partial charge in [0.2, 0.25) is 0 Å². The smallest absolute Gasteiger partial charge is 0.337 e. The number of rotatable bonds is 4. The van der Waals surface area contributed by atoms with Crippen LogP contribution in [0.3, 0.4) is 0 Å². The van der Waals surface area contributed by atoms with Crippen LogP contribution in [0.1, 0.15) is 28.8 Å². The van der Waals surface area contributed by atoms with Gasteiger partial charge in [-0.25, -0.2) is 13.2 Å². The second-order valence-electron chi connectivity index (χ2n) is 5.00. The molecule has 110 valence electrons. The standard InChI is InChI=1S/C14H19NO4S/c1-19-14(16)12-4-2-11(3-5-12)10-15-13-6-8-20(17,18)9-7-13/h2-5,13,15H,6-10H2,1H3. The molecule has 0 bridgehead atoms. The number of ether oxygens (including phenoxy) is 1. The van der Waals surface area contributed by atoms with Crippen molar-refractivity contribution in [1.82, 2.24) is 5.32 Å². The first-order valence-electron chi connectivity index (χ1n) is 6.61. The highest BCUT2D eigenvalue weighted by Gasteiger charge is 2.22. The van der Waals surface area contributed by atoms with Crippen molar-refractivity contribution in [3.05, 3.63) is 35.4 Å². The minimum Gasteiger partial charge on any atom is -0.465 e. The molecule has 1 aromatic carbocycles. The van der Waals surface area contributed by atoms with Crippen molar-refractivity contribution in [3.8, 4) is 0 Å². The molecule has 2 rings (SSSR count). The van der Waals surface area contributed by atoms with E-state index in [1.54, 1.807) is 12.1 Å². The second-order valence-corrected chi connectivity index (χ2v) is 7.30. The molecule has 1 saturated heterocycles. The van der Waals surface area contributed by atoms with Gasteiger partial charge in [-0.2, -0.15) is 0 Å². The summed E-state index contributed by atoms with van der Waals surface area (Å²) in [4.78, 5) is 11.3. The maximum Gasteiger partial charge on any atom is 0.337 e. The summed E-state index contributed by atoms with van der Waals surface area (Å²) in [6.45, 7) is 0.673. The van der Waals surface area contributed by atoms with Crippen LogP contribution in [0.25, 0.3) is 0 Å². The van der Waals surface area contributed by atoms with Crippen LogP contribution >= 0.6 is 0 Å². The van der Waals surface area contributed by atoms with E-state index in [2.05, 4.69) is 10.1 Å². The zero-order chi connectivity index (χ0) is 14.6. The van der Waals surface area contributed by atoms with Crippen molar-refractivity contribution in [2.75, 3.05) is 18.6 Å². The van der Waals surface area contributed by atoms with Crippen molar-refractivity contribution in [2.45, 2.75) is 25.4 Å². The van der Waals surface area contributed by atoms with E-state index in [9.17, 15) is 13.2 Å². The monoisotopic (exact) mass is 297 g/mol. The van der Waals surface area contributed by atoms with Crippen LogP contribution in [-0.4, -0.2) is 39.0 Å². The Hall–Kier alpha value is -1.40. The molecule has 1 heterocycles. The zero-order valence-corrected chi connectivity index (χ0v) is 12.3. The summed E-state index contributed by atoms with van der Waals surface area (Å²) < 4.78 is 27.3. The van der Waals surface area contributed by atoms with Gasteiger partial charge in [0.1, 0.15) is 9.84 Å². The molecule has 0 saturated carbocycles. The summed E-state index contributed by atoms with van der Waals surface area (Å²) in [5, 5.41) is 3.36. The zero-order valence-electron chi connectivity index (χ0n) is 11.5. The number of hydrogen-bond acceptors (Lipinski definition) is 5. The SMILES string of the molecule is COC(=O)c1ccc(CNC2CCS(=O)(=O)CC2)cc1. The Balaban J connectivity index is 1.84. The molecule has 0 spiro atoms. The number of nitrogens with one attached hydrogen (secondary N) is 1. The van der Waals surface area contributed by atoms with Crippen molar-refractivity contribution >= 4 is 15.8 Å². The summed E-state index contributed by atoms with van der Waals surface area (Å²) in [6.07, 6.45) is 1.34. The van der Waals surface area contributed by atoms with Gasteiger partial charge in [-0.05, 0) is 30.5 Å². The second kappa shape index (κ2) is 6.37. The van der Waals surface area contributed by atoms with Gasteiger partial charge >= 0.3 is 5.97 Å². The number of carbonyl (C=O) groups is 1. The van der Waals surface area contributed by atoms with Crippen LogP contribution in [0, 0.1) is 0 Å². The molecule has 6 heteroatoms. The van der Waals surface area contributed by atoms with E-state index in [0.717, 1.165) is 5.56 Å². The van der Waals surface area contributed by atoms with Crippen molar-refractivity contribution in [2.24, 2.45) is 0 Å². The Morgan fingerprint density at radius 3 is 2.40 bits per heavy atom. The van der Waals surface area contributed by atoms with Gasteiger partial charge in [-0.1, -0.05) is 12.1 Å². The van der Waals surface area contributed by atoms with Gasteiger partial charge in [0, 0.05) is 12.6 Å². The molecule has 0 unspecified atom stereocenters. The third-order valence-electron chi connectivity index (χ3n) is 3.52. The molecule has 1 N–H and O–H groups in total. The lowest BCUT2D eigenvalue weighted by molar-refractivity contribution is 0.0600. The van der Waals surface area contributed by atoms with E-state index in [0.29, 0.717) is 24.9 Å². The first kappa shape index (κ1) is 15.0. The summed E-state index contributed by atoms with van der Waals surface area (Å²) in [6, 6.07) is 7.46. The fourth-order valence-electron chi connectivity index (χ4n) is 2.23. The Labute approximate surface area is 119 Å². The molecule has 0 aliphatic carbocycles. The van der Waals surface area contributed by atoms with Crippen LogP contribution in [0.5, 0.6) is 0 Å². The number of sulfone groups is 1. The summed E-state index contributed by atoms with van der Waals surface area (Å²) >= 11 is 0. The molecule has 1 aliphatic heterocycles. The van der Waals surface area contributed by atoms with Crippen LogP contribution in [0.4, 0.5) is 0 Å². The molecule has 0 radical (unpaired) electrons. The van der Waals surface area contributed by atoms with Gasteiger partial charge in [-0.3, -0.25) is 0 Å². The minimum atomic E-state index is -2.81. The van der Waals surface area contributed by atoms with E-state index < -0.39 is 9.84 Å². The quantitative estimate of drug-likeness (QED) is 0.844. The minimum absolute atomic E-state index is 0.249. The van der Waals surface area contributed by atoms with Crippen LogP contribution in [-0.2, 0) is 21.1 Å². The first-order chi connectivity index (χ1) is 9.50. The normalized spacial score (nSPS) is 18.6. The largest absolute Gasteiger partial charge is 0.465 e. The van der Waals surface area contributed by atoms with Gasteiger partial charge in [0.25, 0.3) is 0 Å². The molecular weight excluding hydrogens is 278 g/mol. The molecule has 1 fully saturated rings. The fraction of sp³-hybridized carbons (Fsp3) is 0.500. The Kier molecular flexibility index (Phi) is 4.77. The van der Waals surface area contributed by atoms with E-state index in [-0.39, 0.29) is 23.5 Å². The maximum absolute atomic E-state index is 11.3. The van der Waals surface area contributed by atoms with Crippen LogP contribution in [0.15, 0.2) is 24.3 Å². The average Bonchev–Trinajstić information content (AvgIpc) is 2.46. The van der Waals surface area contributed by atoms with Crippen molar-refractivity contribution in [1.29, 1.82) is 0 Å².